The third-order valence-electron chi connectivity index (χ3n) is 3.95. The van der Waals surface area contributed by atoms with Crippen LogP contribution in [-0.2, 0) is 10.0 Å². The molecule has 0 saturated heterocycles. The van der Waals surface area contributed by atoms with Crippen LogP contribution in [0.4, 0.5) is 5.82 Å². The molecule has 0 bridgehead atoms. The summed E-state index contributed by atoms with van der Waals surface area (Å²) in [6.07, 6.45) is 0. The lowest BCUT2D eigenvalue weighted by atomic mass is 10.0. The highest BCUT2D eigenvalue weighted by Crippen LogP contribution is 2.28. The maximum Gasteiger partial charge on any atom is 0.263 e. The second kappa shape index (κ2) is 7.48. The first-order chi connectivity index (χ1) is 12.9. The van der Waals surface area contributed by atoms with E-state index in [-0.39, 0.29) is 10.7 Å². The molecular weight excluding hydrogens is 362 g/mol. The summed E-state index contributed by atoms with van der Waals surface area (Å²) in [6, 6.07) is 18.9. The molecule has 0 aliphatic carbocycles. The van der Waals surface area contributed by atoms with Gasteiger partial charge >= 0.3 is 0 Å². The van der Waals surface area contributed by atoms with Crippen molar-refractivity contribution in [1.82, 2.24) is 4.98 Å². The van der Waals surface area contributed by atoms with Crippen molar-refractivity contribution in [3.05, 3.63) is 71.9 Å². The second-order valence-corrected chi connectivity index (χ2v) is 7.50. The minimum Gasteiger partial charge on any atom is -0.495 e. The molecule has 1 aromatic heterocycles. The normalized spacial score (nSPS) is 10.9. The Morgan fingerprint density at radius 2 is 1.74 bits per heavy atom. The van der Waals surface area contributed by atoms with Gasteiger partial charge in [-0.25, -0.2) is 13.4 Å². The largest absolute Gasteiger partial charge is 0.495 e. The number of hydrogen-bond acceptors (Lipinski definition) is 5. The summed E-state index contributed by atoms with van der Waals surface area (Å²) in [7, 11) is -2.23. The van der Waals surface area contributed by atoms with Crippen LogP contribution in [0.1, 0.15) is 11.3 Å². The molecule has 0 saturated carbocycles. The van der Waals surface area contributed by atoms with E-state index in [9.17, 15) is 8.42 Å². The van der Waals surface area contributed by atoms with E-state index in [0.29, 0.717) is 11.3 Å². The zero-order chi connectivity index (χ0) is 19.4. The van der Waals surface area contributed by atoms with Crippen molar-refractivity contribution in [2.24, 2.45) is 0 Å². The molecule has 1 N–H and O–H groups in total. The third-order valence-corrected chi connectivity index (χ3v) is 5.32. The Hall–Kier alpha value is -3.37. The lowest BCUT2D eigenvalue weighted by Crippen LogP contribution is -2.14. The molecule has 136 valence electrons. The summed E-state index contributed by atoms with van der Waals surface area (Å²) in [5.41, 5.74) is 2.80. The fraction of sp³-hybridized carbons (Fsp3) is 0.100. The van der Waals surface area contributed by atoms with Crippen LogP contribution in [0.5, 0.6) is 5.75 Å². The van der Waals surface area contributed by atoms with E-state index in [1.165, 1.54) is 19.2 Å². The molecule has 7 heteroatoms. The first-order valence-corrected chi connectivity index (χ1v) is 9.56. The van der Waals surface area contributed by atoms with E-state index in [1.54, 1.807) is 55.5 Å². The predicted octanol–water partition coefficient (Wildman–Crippen LogP) is 3.74. The highest BCUT2D eigenvalue weighted by Gasteiger charge is 2.15. The van der Waals surface area contributed by atoms with Crippen LogP contribution < -0.4 is 9.46 Å². The zero-order valence-electron chi connectivity index (χ0n) is 14.8. The van der Waals surface area contributed by atoms with Gasteiger partial charge in [-0.2, -0.15) is 5.26 Å². The quantitative estimate of drug-likeness (QED) is 0.729. The molecular formula is C20H17N3O3S. The Balaban J connectivity index is 1.88. The first kappa shape index (κ1) is 18.4. The average molecular weight is 379 g/mol. The molecule has 0 amide bonds. The summed E-state index contributed by atoms with van der Waals surface area (Å²) in [6.45, 7) is 1.79. The van der Waals surface area contributed by atoms with Gasteiger partial charge in [0.2, 0.25) is 0 Å². The molecule has 3 rings (SSSR count). The average Bonchev–Trinajstić information content (AvgIpc) is 2.67. The monoisotopic (exact) mass is 379 g/mol. The number of nitrogens with one attached hydrogen (secondary N) is 1. The number of sulfonamides is 1. The van der Waals surface area contributed by atoms with Crippen LogP contribution in [0.25, 0.3) is 11.1 Å². The smallest absolute Gasteiger partial charge is 0.263 e. The fourth-order valence-electron chi connectivity index (χ4n) is 2.59. The minimum absolute atomic E-state index is 0.134. The van der Waals surface area contributed by atoms with Gasteiger partial charge in [0, 0.05) is 5.69 Å². The second-order valence-electron chi connectivity index (χ2n) is 5.82. The number of hydrogen-bond donors (Lipinski definition) is 1. The van der Waals surface area contributed by atoms with Crippen LogP contribution in [-0.4, -0.2) is 20.5 Å². The Labute approximate surface area is 158 Å². The predicted molar refractivity (Wildman–Crippen MR) is 103 cm³/mol. The van der Waals surface area contributed by atoms with Gasteiger partial charge in [-0.3, -0.25) is 4.72 Å². The molecule has 3 aromatic rings. The number of aryl methyl sites for hydroxylation is 1. The molecule has 0 fully saturated rings. The lowest BCUT2D eigenvalue weighted by molar-refractivity contribution is 0.413. The number of nitrogens with zero attached hydrogens (tertiary/aromatic N) is 2. The number of aromatic nitrogens is 1. The van der Waals surface area contributed by atoms with E-state index in [1.807, 2.05) is 0 Å². The number of benzene rings is 2. The number of methoxy groups -OCH3 is 1. The van der Waals surface area contributed by atoms with E-state index in [0.717, 1.165) is 16.8 Å². The van der Waals surface area contributed by atoms with Crippen molar-refractivity contribution in [3.8, 4) is 22.9 Å². The molecule has 1 heterocycles. The third kappa shape index (κ3) is 4.07. The minimum atomic E-state index is -3.73. The van der Waals surface area contributed by atoms with Gasteiger partial charge in [-0.05, 0) is 54.4 Å². The van der Waals surface area contributed by atoms with Crippen LogP contribution in [0, 0.1) is 18.3 Å². The summed E-state index contributed by atoms with van der Waals surface area (Å²) < 4.78 is 32.8. The molecule has 0 radical (unpaired) electrons. The number of ether oxygens (including phenoxy) is 1. The topological polar surface area (TPSA) is 92.1 Å². The molecule has 27 heavy (non-hydrogen) atoms. The highest BCUT2D eigenvalue weighted by molar-refractivity contribution is 7.92. The van der Waals surface area contributed by atoms with Crippen LogP contribution in [0.2, 0.25) is 0 Å². The zero-order valence-corrected chi connectivity index (χ0v) is 15.6. The molecule has 0 spiro atoms. The van der Waals surface area contributed by atoms with Crippen molar-refractivity contribution >= 4 is 15.8 Å². The van der Waals surface area contributed by atoms with E-state index < -0.39 is 10.0 Å². The lowest BCUT2D eigenvalue weighted by Gasteiger charge is -2.10. The SMILES string of the molecule is COc1cc(-c2ccc(S(=O)(=O)Nc3cccc(C)n3)cc2)ccc1C#N. The molecule has 0 unspecified atom stereocenters. The van der Waals surface area contributed by atoms with Gasteiger partial charge in [-0.1, -0.05) is 24.3 Å². The Kier molecular flexibility index (Phi) is 5.10. The summed E-state index contributed by atoms with van der Waals surface area (Å²) in [5.74, 6) is 0.745. The molecule has 0 aliphatic heterocycles. The van der Waals surface area contributed by atoms with Gasteiger partial charge in [-0.15, -0.1) is 0 Å². The fourth-order valence-corrected chi connectivity index (χ4v) is 3.59. The molecule has 2 aromatic carbocycles. The maximum absolute atomic E-state index is 12.5. The highest BCUT2D eigenvalue weighted by atomic mass is 32.2. The van der Waals surface area contributed by atoms with E-state index >= 15 is 0 Å². The number of nitriles is 1. The van der Waals surface area contributed by atoms with Crippen molar-refractivity contribution in [3.63, 3.8) is 0 Å². The Morgan fingerprint density at radius 3 is 2.37 bits per heavy atom. The number of anilines is 1. The Bertz CT molecular complexity index is 1120. The van der Waals surface area contributed by atoms with Crippen LogP contribution in [0.15, 0.2) is 65.6 Å². The van der Waals surface area contributed by atoms with Gasteiger partial charge in [0.05, 0.1) is 17.6 Å². The maximum atomic E-state index is 12.5. The number of rotatable bonds is 5. The van der Waals surface area contributed by atoms with E-state index in [4.69, 9.17) is 10.00 Å². The summed E-state index contributed by atoms with van der Waals surface area (Å²) in [4.78, 5) is 4.29. The Morgan fingerprint density at radius 1 is 1.04 bits per heavy atom. The van der Waals surface area contributed by atoms with Crippen LogP contribution in [0.3, 0.4) is 0 Å². The van der Waals surface area contributed by atoms with Crippen molar-refractivity contribution in [2.75, 3.05) is 11.8 Å². The molecule has 6 nitrogen and oxygen atoms in total. The van der Waals surface area contributed by atoms with E-state index in [2.05, 4.69) is 15.8 Å². The van der Waals surface area contributed by atoms with Crippen molar-refractivity contribution in [1.29, 1.82) is 5.26 Å². The summed E-state index contributed by atoms with van der Waals surface area (Å²) >= 11 is 0. The van der Waals surface area contributed by atoms with Gasteiger partial charge in [0.15, 0.2) is 0 Å². The summed E-state index contributed by atoms with van der Waals surface area (Å²) in [5, 5.41) is 9.07. The van der Waals surface area contributed by atoms with Crippen molar-refractivity contribution < 1.29 is 13.2 Å². The standard InChI is InChI=1S/C20H17N3O3S/c1-14-4-3-5-20(22-14)23-27(24,25)18-10-8-15(9-11-18)16-6-7-17(13-21)19(12-16)26-2/h3-12H,1-2H3,(H,22,23). The molecule has 0 aliphatic rings. The molecule has 0 atom stereocenters. The van der Waals surface area contributed by atoms with Gasteiger partial charge < -0.3 is 4.74 Å². The van der Waals surface area contributed by atoms with Gasteiger partial charge in [0.1, 0.15) is 17.6 Å². The van der Waals surface area contributed by atoms with Crippen molar-refractivity contribution in [2.45, 2.75) is 11.8 Å². The number of pyridine rings is 1. The van der Waals surface area contributed by atoms with Crippen LogP contribution >= 0.6 is 0 Å². The first-order valence-electron chi connectivity index (χ1n) is 8.08. The van der Waals surface area contributed by atoms with Gasteiger partial charge in [0.25, 0.3) is 10.0 Å².